The molecule has 1 unspecified atom stereocenters. The van der Waals surface area contributed by atoms with Crippen molar-refractivity contribution in [3.8, 4) is 0 Å². The van der Waals surface area contributed by atoms with Crippen LogP contribution in [0.1, 0.15) is 38.3 Å². The topological polar surface area (TPSA) is 66.3 Å². The van der Waals surface area contributed by atoms with Gasteiger partial charge in [-0.3, -0.25) is 4.98 Å². The second-order valence-corrected chi connectivity index (χ2v) is 4.81. The lowest BCUT2D eigenvalue weighted by Crippen LogP contribution is -2.51. The molecular formula is C13H19N3O2. The SMILES string of the molecule is CCCC1(C(=O)O)CCCN1c1nccnc1C. The standard InChI is InChI=1S/C13H19N3O2/c1-3-5-13(12(17)18)6-4-9-16(13)11-10(2)14-7-8-15-11/h7-8H,3-6,9H2,1-2H3,(H,17,18). The molecule has 0 saturated carbocycles. The van der Waals surface area contributed by atoms with Crippen LogP contribution in [0.3, 0.4) is 0 Å². The lowest BCUT2D eigenvalue weighted by molar-refractivity contribution is -0.143. The van der Waals surface area contributed by atoms with Gasteiger partial charge >= 0.3 is 5.97 Å². The zero-order chi connectivity index (χ0) is 13.2. The van der Waals surface area contributed by atoms with E-state index in [1.165, 1.54) is 0 Å². The molecule has 1 aromatic rings. The van der Waals surface area contributed by atoms with Crippen molar-refractivity contribution < 1.29 is 9.90 Å². The van der Waals surface area contributed by atoms with Gasteiger partial charge in [-0.25, -0.2) is 9.78 Å². The van der Waals surface area contributed by atoms with E-state index in [-0.39, 0.29) is 0 Å². The summed E-state index contributed by atoms with van der Waals surface area (Å²) < 4.78 is 0. The maximum Gasteiger partial charge on any atom is 0.329 e. The van der Waals surface area contributed by atoms with E-state index < -0.39 is 11.5 Å². The number of carboxylic acids is 1. The normalized spacial score (nSPS) is 23.3. The Balaban J connectivity index is 2.42. The molecule has 1 saturated heterocycles. The zero-order valence-corrected chi connectivity index (χ0v) is 10.9. The van der Waals surface area contributed by atoms with Gasteiger partial charge in [0, 0.05) is 18.9 Å². The minimum Gasteiger partial charge on any atom is -0.479 e. The Hall–Kier alpha value is -1.65. The average Bonchev–Trinajstić information content (AvgIpc) is 2.75. The highest BCUT2D eigenvalue weighted by Gasteiger charge is 2.47. The number of nitrogens with zero attached hydrogens (tertiary/aromatic N) is 3. The maximum atomic E-state index is 11.7. The molecule has 5 nitrogen and oxygen atoms in total. The molecular weight excluding hydrogens is 230 g/mol. The van der Waals surface area contributed by atoms with Gasteiger partial charge in [0.25, 0.3) is 0 Å². The number of rotatable bonds is 4. The largest absolute Gasteiger partial charge is 0.479 e. The van der Waals surface area contributed by atoms with E-state index >= 15 is 0 Å². The van der Waals surface area contributed by atoms with Crippen LogP contribution in [0.2, 0.25) is 0 Å². The predicted molar refractivity (Wildman–Crippen MR) is 68.6 cm³/mol. The zero-order valence-electron chi connectivity index (χ0n) is 10.9. The van der Waals surface area contributed by atoms with Crippen LogP contribution in [0.4, 0.5) is 5.82 Å². The summed E-state index contributed by atoms with van der Waals surface area (Å²) in [6.07, 6.45) is 6.34. The molecule has 5 heteroatoms. The lowest BCUT2D eigenvalue weighted by atomic mass is 9.90. The van der Waals surface area contributed by atoms with E-state index in [0.717, 1.165) is 25.1 Å². The van der Waals surface area contributed by atoms with E-state index in [0.29, 0.717) is 18.7 Å². The van der Waals surface area contributed by atoms with Gasteiger partial charge in [-0.05, 0) is 26.2 Å². The van der Waals surface area contributed by atoms with Crippen molar-refractivity contribution in [3.05, 3.63) is 18.1 Å². The second-order valence-electron chi connectivity index (χ2n) is 4.81. The Kier molecular flexibility index (Phi) is 3.50. The van der Waals surface area contributed by atoms with Crippen molar-refractivity contribution in [2.75, 3.05) is 11.4 Å². The second kappa shape index (κ2) is 4.92. The summed E-state index contributed by atoms with van der Waals surface area (Å²) in [5, 5.41) is 9.63. The van der Waals surface area contributed by atoms with Crippen molar-refractivity contribution in [2.45, 2.75) is 45.1 Å². The highest BCUT2D eigenvalue weighted by molar-refractivity contribution is 5.84. The highest BCUT2D eigenvalue weighted by Crippen LogP contribution is 2.37. The maximum absolute atomic E-state index is 11.7. The molecule has 1 aromatic heterocycles. The van der Waals surface area contributed by atoms with Gasteiger partial charge < -0.3 is 10.0 Å². The van der Waals surface area contributed by atoms with Crippen LogP contribution in [0.5, 0.6) is 0 Å². The molecule has 0 bridgehead atoms. The van der Waals surface area contributed by atoms with E-state index in [4.69, 9.17) is 0 Å². The first-order chi connectivity index (χ1) is 8.62. The van der Waals surface area contributed by atoms with Gasteiger partial charge in [0.2, 0.25) is 0 Å². The Morgan fingerprint density at radius 1 is 1.50 bits per heavy atom. The molecule has 1 fully saturated rings. The summed E-state index contributed by atoms with van der Waals surface area (Å²) in [4.78, 5) is 22.2. The van der Waals surface area contributed by atoms with E-state index in [1.807, 2.05) is 18.7 Å². The Labute approximate surface area is 107 Å². The molecule has 1 aliphatic heterocycles. The van der Waals surface area contributed by atoms with E-state index in [1.54, 1.807) is 12.4 Å². The number of hydrogen-bond acceptors (Lipinski definition) is 4. The predicted octanol–water partition coefficient (Wildman–Crippen LogP) is 2.01. The molecule has 18 heavy (non-hydrogen) atoms. The fraction of sp³-hybridized carbons (Fsp3) is 0.615. The van der Waals surface area contributed by atoms with Gasteiger partial charge in [0.15, 0.2) is 5.82 Å². The number of hydrogen-bond donors (Lipinski definition) is 1. The number of carboxylic acid groups (broad SMARTS) is 1. The molecule has 2 heterocycles. The minimum absolute atomic E-state index is 0.651. The smallest absolute Gasteiger partial charge is 0.329 e. The van der Waals surface area contributed by atoms with Crippen molar-refractivity contribution in [3.63, 3.8) is 0 Å². The summed E-state index contributed by atoms with van der Waals surface area (Å²) >= 11 is 0. The Bertz CT molecular complexity index is 450. The minimum atomic E-state index is -0.796. The number of anilines is 1. The Morgan fingerprint density at radius 2 is 2.22 bits per heavy atom. The van der Waals surface area contributed by atoms with Gasteiger partial charge in [-0.2, -0.15) is 0 Å². The van der Waals surface area contributed by atoms with Crippen LogP contribution in [-0.2, 0) is 4.79 Å². The van der Waals surface area contributed by atoms with Crippen LogP contribution >= 0.6 is 0 Å². The van der Waals surface area contributed by atoms with E-state index in [9.17, 15) is 9.90 Å². The summed E-state index contributed by atoms with van der Waals surface area (Å²) in [6, 6.07) is 0. The summed E-state index contributed by atoms with van der Waals surface area (Å²) in [6.45, 7) is 4.63. The van der Waals surface area contributed by atoms with Crippen LogP contribution in [-0.4, -0.2) is 33.1 Å². The molecule has 0 radical (unpaired) electrons. The average molecular weight is 249 g/mol. The lowest BCUT2D eigenvalue weighted by Gasteiger charge is -2.35. The molecule has 98 valence electrons. The fourth-order valence-electron chi connectivity index (χ4n) is 2.86. The third kappa shape index (κ3) is 1.94. The summed E-state index contributed by atoms with van der Waals surface area (Å²) in [5.74, 6) is -0.0299. The van der Waals surface area contributed by atoms with E-state index in [2.05, 4.69) is 9.97 Å². The molecule has 1 atom stereocenters. The van der Waals surface area contributed by atoms with Gasteiger partial charge in [0.1, 0.15) is 5.54 Å². The van der Waals surface area contributed by atoms with Crippen LogP contribution in [0.15, 0.2) is 12.4 Å². The van der Waals surface area contributed by atoms with Crippen molar-refractivity contribution in [1.82, 2.24) is 9.97 Å². The summed E-state index contributed by atoms with van der Waals surface area (Å²) in [5.41, 5.74) is -0.00338. The number of aromatic nitrogens is 2. The van der Waals surface area contributed by atoms with Crippen molar-refractivity contribution in [1.29, 1.82) is 0 Å². The Morgan fingerprint density at radius 3 is 2.83 bits per heavy atom. The number of aliphatic carboxylic acids is 1. The summed E-state index contributed by atoms with van der Waals surface area (Å²) in [7, 11) is 0. The van der Waals surface area contributed by atoms with Crippen LogP contribution in [0.25, 0.3) is 0 Å². The molecule has 0 aliphatic carbocycles. The highest BCUT2D eigenvalue weighted by atomic mass is 16.4. The van der Waals surface area contributed by atoms with Crippen LogP contribution < -0.4 is 4.90 Å². The quantitative estimate of drug-likeness (QED) is 0.884. The molecule has 0 spiro atoms. The number of aryl methyl sites for hydroxylation is 1. The third-order valence-electron chi connectivity index (χ3n) is 3.66. The first kappa shape index (κ1) is 12.8. The monoisotopic (exact) mass is 249 g/mol. The first-order valence-corrected chi connectivity index (χ1v) is 6.40. The first-order valence-electron chi connectivity index (χ1n) is 6.40. The molecule has 2 rings (SSSR count). The number of carbonyl (C=O) groups is 1. The van der Waals surface area contributed by atoms with Crippen molar-refractivity contribution >= 4 is 11.8 Å². The molecule has 0 amide bonds. The van der Waals surface area contributed by atoms with Crippen LogP contribution in [0, 0.1) is 6.92 Å². The van der Waals surface area contributed by atoms with Crippen molar-refractivity contribution in [2.24, 2.45) is 0 Å². The van der Waals surface area contributed by atoms with Gasteiger partial charge in [0.05, 0.1) is 5.69 Å². The third-order valence-corrected chi connectivity index (χ3v) is 3.66. The molecule has 1 N–H and O–H groups in total. The molecule has 1 aliphatic rings. The molecule has 0 aromatic carbocycles. The fourth-order valence-corrected chi connectivity index (χ4v) is 2.86. The van der Waals surface area contributed by atoms with Gasteiger partial charge in [-0.1, -0.05) is 13.3 Å². The van der Waals surface area contributed by atoms with Gasteiger partial charge in [-0.15, -0.1) is 0 Å².